The Labute approximate surface area is 163 Å². The van der Waals surface area contributed by atoms with E-state index in [1.807, 2.05) is 0 Å². The highest BCUT2D eigenvalue weighted by Crippen LogP contribution is 2.36. The zero-order valence-electron chi connectivity index (χ0n) is 16.4. The van der Waals surface area contributed by atoms with E-state index < -0.39 is 18.1 Å². The van der Waals surface area contributed by atoms with Gasteiger partial charge in [-0.2, -0.15) is 4.98 Å². The molecule has 1 heterocycles. The predicted molar refractivity (Wildman–Crippen MR) is 100 cm³/mol. The molecule has 1 aromatic carbocycles. The average Bonchev–Trinajstić information content (AvgIpc) is 3.08. The fourth-order valence-electron chi connectivity index (χ4n) is 3.79. The normalized spacial score (nSPS) is 15.8. The van der Waals surface area contributed by atoms with E-state index >= 15 is 0 Å². The van der Waals surface area contributed by atoms with Crippen molar-refractivity contribution in [1.82, 2.24) is 15.5 Å². The van der Waals surface area contributed by atoms with Crippen LogP contribution in [0, 0.1) is 20.8 Å². The fourth-order valence-corrected chi connectivity index (χ4v) is 3.79. The summed E-state index contributed by atoms with van der Waals surface area (Å²) in [4.78, 5) is 28.2. The van der Waals surface area contributed by atoms with Crippen molar-refractivity contribution in [3.05, 3.63) is 40.5 Å². The summed E-state index contributed by atoms with van der Waals surface area (Å²) in [7, 11) is 0. The lowest BCUT2D eigenvalue weighted by molar-refractivity contribution is -0.139. The summed E-state index contributed by atoms with van der Waals surface area (Å²) < 4.78 is 10.5. The van der Waals surface area contributed by atoms with Gasteiger partial charge in [0.15, 0.2) is 12.4 Å². The maximum atomic E-state index is 13.0. The van der Waals surface area contributed by atoms with Crippen LogP contribution in [0.2, 0.25) is 0 Å². The van der Waals surface area contributed by atoms with Crippen LogP contribution < -0.4 is 10.1 Å². The molecule has 1 aliphatic carbocycles. The minimum Gasteiger partial charge on any atom is -0.481 e. The lowest BCUT2D eigenvalue weighted by Crippen LogP contribution is -2.48. The molecule has 0 aliphatic heterocycles. The molecule has 28 heavy (non-hydrogen) atoms. The van der Waals surface area contributed by atoms with Crippen LogP contribution in [0.5, 0.6) is 5.75 Å². The first kappa shape index (κ1) is 19.9. The summed E-state index contributed by atoms with van der Waals surface area (Å²) in [6, 6.07) is 3.41. The third-order valence-electron chi connectivity index (χ3n) is 5.08. The second-order valence-electron chi connectivity index (χ2n) is 7.36. The van der Waals surface area contributed by atoms with Crippen LogP contribution in [0.15, 0.2) is 16.7 Å². The summed E-state index contributed by atoms with van der Waals surface area (Å²) >= 11 is 0. The molecule has 1 amide bonds. The van der Waals surface area contributed by atoms with Crippen LogP contribution in [0.1, 0.15) is 65.3 Å². The molecule has 2 N–H and O–H groups in total. The number of benzene rings is 1. The Morgan fingerprint density at radius 3 is 2.36 bits per heavy atom. The number of nitrogens with one attached hydrogen (secondary N) is 1. The van der Waals surface area contributed by atoms with Gasteiger partial charge in [0.2, 0.25) is 5.89 Å². The van der Waals surface area contributed by atoms with Crippen LogP contribution in [0.3, 0.4) is 0 Å². The van der Waals surface area contributed by atoms with Gasteiger partial charge in [0.25, 0.3) is 5.91 Å². The number of aryl methyl sites for hydroxylation is 3. The molecular weight excluding hydrogens is 362 g/mol. The Kier molecular flexibility index (Phi) is 5.67. The minimum atomic E-state index is -1.05. The number of ether oxygens (including phenoxy) is 1. The Morgan fingerprint density at radius 1 is 1.18 bits per heavy atom. The molecule has 0 unspecified atom stereocenters. The standard InChI is InChI=1S/C20H25N3O5/c1-12-9-15(10-13(2)17(12)27-11-16(24)25)18(26)22-20(7-5-4-6-8-20)19-21-14(3)28-23-19/h9-10H,4-8,11H2,1-3H3,(H,22,26)(H,24,25). The van der Waals surface area contributed by atoms with Gasteiger partial charge in [-0.3, -0.25) is 4.79 Å². The number of carbonyl (C=O) groups is 2. The number of hydrogen-bond acceptors (Lipinski definition) is 6. The van der Waals surface area contributed by atoms with E-state index in [1.54, 1.807) is 32.9 Å². The fraction of sp³-hybridized carbons (Fsp3) is 0.500. The molecular formula is C20H25N3O5. The van der Waals surface area contributed by atoms with Gasteiger partial charge in [-0.1, -0.05) is 24.4 Å². The van der Waals surface area contributed by atoms with Gasteiger partial charge < -0.3 is 19.7 Å². The predicted octanol–water partition coefficient (Wildman–Crippen LogP) is 3.05. The Morgan fingerprint density at radius 2 is 1.82 bits per heavy atom. The number of hydrogen-bond donors (Lipinski definition) is 2. The van der Waals surface area contributed by atoms with Crippen molar-refractivity contribution in [2.75, 3.05) is 6.61 Å². The Balaban J connectivity index is 1.85. The van der Waals surface area contributed by atoms with Gasteiger partial charge in [0.05, 0.1) is 0 Å². The molecule has 1 saturated carbocycles. The second kappa shape index (κ2) is 8.00. The number of nitrogens with zero attached hydrogens (tertiary/aromatic N) is 2. The molecule has 1 aromatic heterocycles. The number of amides is 1. The maximum Gasteiger partial charge on any atom is 0.341 e. The first-order chi connectivity index (χ1) is 13.3. The van der Waals surface area contributed by atoms with E-state index in [4.69, 9.17) is 14.4 Å². The van der Waals surface area contributed by atoms with E-state index in [9.17, 15) is 9.59 Å². The summed E-state index contributed by atoms with van der Waals surface area (Å²) in [5.74, 6) is 0.212. The van der Waals surface area contributed by atoms with Crippen LogP contribution in [0.25, 0.3) is 0 Å². The smallest absolute Gasteiger partial charge is 0.341 e. The van der Waals surface area contributed by atoms with E-state index in [0.717, 1.165) is 32.1 Å². The van der Waals surface area contributed by atoms with Crippen molar-refractivity contribution >= 4 is 11.9 Å². The molecule has 8 nitrogen and oxygen atoms in total. The summed E-state index contributed by atoms with van der Waals surface area (Å²) in [5, 5.41) is 16.0. The molecule has 3 rings (SSSR count). The van der Waals surface area contributed by atoms with Gasteiger partial charge in [0.1, 0.15) is 11.3 Å². The summed E-state index contributed by atoms with van der Waals surface area (Å²) in [5.41, 5.74) is 1.27. The quantitative estimate of drug-likeness (QED) is 0.783. The van der Waals surface area contributed by atoms with Crippen LogP contribution >= 0.6 is 0 Å². The van der Waals surface area contributed by atoms with Gasteiger partial charge in [-0.05, 0) is 49.9 Å². The number of carboxylic acids is 1. The topological polar surface area (TPSA) is 115 Å². The minimum absolute atomic E-state index is 0.222. The maximum absolute atomic E-state index is 13.0. The molecule has 2 aromatic rings. The molecule has 0 spiro atoms. The SMILES string of the molecule is Cc1nc(C2(NC(=O)c3cc(C)c(OCC(=O)O)c(C)c3)CCCCC2)no1. The highest BCUT2D eigenvalue weighted by molar-refractivity contribution is 5.95. The highest BCUT2D eigenvalue weighted by atomic mass is 16.5. The second-order valence-corrected chi connectivity index (χ2v) is 7.36. The number of aromatic nitrogens is 2. The van der Waals surface area contributed by atoms with E-state index in [1.165, 1.54) is 0 Å². The Bertz CT molecular complexity index is 861. The lowest BCUT2D eigenvalue weighted by Gasteiger charge is -2.35. The van der Waals surface area contributed by atoms with Crippen molar-refractivity contribution in [3.8, 4) is 5.75 Å². The molecule has 0 radical (unpaired) electrons. The van der Waals surface area contributed by atoms with Gasteiger partial charge in [-0.25, -0.2) is 4.79 Å². The number of carbonyl (C=O) groups excluding carboxylic acids is 1. The largest absolute Gasteiger partial charge is 0.481 e. The van der Waals surface area contributed by atoms with E-state index in [-0.39, 0.29) is 5.91 Å². The van der Waals surface area contributed by atoms with Gasteiger partial charge in [0, 0.05) is 12.5 Å². The Hall–Kier alpha value is -2.90. The number of aliphatic carboxylic acids is 1. The number of carboxylic acid groups (broad SMARTS) is 1. The van der Waals surface area contributed by atoms with Crippen LogP contribution in [-0.2, 0) is 10.3 Å². The average molecular weight is 387 g/mol. The molecule has 1 fully saturated rings. The first-order valence-corrected chi connectivity index (χ1v) is 9.40. The van der Waals surface area contributed by atoms with Crippen molar-refractivity contribution in [2.24, 2.45) is 0 Å². The van der Waals surface area contributed by atoms with Gasteiger partial charge in [-0.15, -0.1) is 0 Å². The molecule has 0 saturated heterocycles. The highest BCUT2D eigenvalue weighted by Gasteiger charge is 2.39. The van der Waals surface area contributed by atoms with E-state index in [2.05, 4.69) is 15.5 Å². The number of rotatable bonds is 6. The molecule has 0 atom stereocenters. The third-order valence-corrected chi connectivity index (χ3v) is 5.08. The van der Waals surface area contributed by atoms with Crippen LogP contribution in [-0.4, -0.2) is 33.7 Å². The summed E-state index contributed by atoms with van der Waals surface area (Å²) in [6.07, 6.45) is 4.59. The first-order valence-electron chi connectivity index (χ1n) is 9.40. The zero-order valence-corrected chi connectivity index (χ0v) is 16.4. The zero-order chi connectivity index (χ0) is 20.3. The molecule has 8 heteroatoms. The lowest BCUT2D eigenvalue weighted by atomic mass is 9.80. The van der Waals surface area contributed by atoms with Crippen molar-refractivity contribution < 1.29 is 24.0 Å². The van der Waals surface area contributed by atoms with Crippen molar-refractivity contribution in [2.45, 2.75) is 58.4 Å². The molecule has 0 bridgehead atoms. The van der Waals surface area contributed by atoms with Crippen LogP contribution in [0.4, 0.5) is 0 Å². The monoisotopic (exact) mass is 387 g/mol. The van der Waals surface area contributed by atoms with Gasteiger partial charge >= 0.3 is 5.97 Å². The van der Waals surface area contributed by atoms with Crippen molar-refractivity contribution in [3.63, 3.8) is 0 Å². The third kappa shape index (κ3) is 4.16. The van der Waals surface area contributed by atoms with Crippen molar-refractivity contribution in [1.29, 1.82) is 0 Å². The summed E-state index contributed by atoms with van der Waals surface area (Å²) in [6.45, 7) is 4.89. The molecule has 150 valence electrons. The van der Waals surface area contributed by atoms with E-state index in [0.29, 0.717) is 34.2 Å². The molecule has 1 aliphatic rings.